The summed E-state index contributed by atoms with van der Waals surface area (Å²) in [6.45, 7) is 4.14. The molecule has 0 unspecified atom stereocenters. The summed E-state index contributed by atoms with van der Waals surface area (Å²) < 4.78 is 0. The number of anilines is 1. The predicted octanol–water partition coefficient (Wildman–Crippen LogP) is 1.69. The summed E-state index contributed by atoms with van der Waals surface area (Å²) in [6.07, 6.45) is 1.81. The molecule has 0 bridgehead atoms. The number of fused-ring (bicyclic) bond motifs is 1. The second-order valence-electron chi connectivity index (χ2n) is 4.83. The van der Waals surface area contributed by atoms with Crippen LogP contribution in [0.15, 0.2) is 30.5 Å². The van der Waals surface area contributed by atoms with E-state index in [0.717, 1.165) is 42.8 Å². The maximum atomic E-state index is 9.53. The Morgan fingerprint density at radius 3 is 2.67 bits per heavy atom. The highest BCUT2D eigenvalue weighted by Gasteiger charge is 2.17. The summed E-state index contributed by atoms with van der Waals surface area (Å²) >= 11 is 0. The minimum absolute atomic E-state index is 0.304. The van der Waals surface area contributed by atoms with Crippen LogP contribution < -0.4 is 4.90 Å². The van der Waals surface area contributed by atoms with Crippen molar-refractivity contribution in [3.63, 3.8) is 0 Å². The number of aromatic hydroxyl groups is 1. The summed E-state index contributed by atoms with van der Waals surface area (Å²) in [4.78, 5) is 9.16. The van der Waals surface area contributed by atoms with Crippen LogP contribution >= 0.6 is 0 Å². The lowest BCUT2D eigenvalue weighted by atomic mass is 10.1. The van der Waals surface area contributed by atoms with Crippen LogP contribution in [0, 0.1) is 0 Å². The first-order valence-corrected chi connectivity index (χ1v) is 6.25. The van der Waals surface area contributed by atoms with E-state index in [1.54, 1.807) is 12.1 Å². The van der Waals surface area contributed by atoms with Gasteiger partial charge in [0.25, 0.3) is 0 Å². The molecule has 94 valence electrons. The van der Waals surface area contributed by atoms with E-state index in [2.05, 4.69) is 21.8 Å². The van der Waals surface area contributed by atoms with Crippen molar-refractivity contribution >= 4 is 16.6 Å². The molecule has 1 N–H and O–H groups in total. The quantitative estimate of drug-likeness (QED) is 0.827. The molecule has 2 aromatic rings. The molecule has 3 rings (SSSR count). The molecule has 1 aromatic carbocycles. The average molecular weight is 243 g/mol. The van der Waals surface area contributed by atoms with Crippen molar-refractivity contribution in [3.05, 3.63) is 30.5 Å². The van der Waals surface area contributed by atoms with Crippen LogP contribution in [0.1, 0.15) is 0 Å². The van der Waals surface area contributed by atoms with Crippen molar-refractivity contribution in [1.82, 2.24) is 9.88 Å². The number of hydrogen-bond acceptors (Lipinski definition) is 4. The van der Waals surface area contributed by atoms with Crippen molar-refractivity contribution < 1.29 is 5.11 Å². The molecule has 4 heteroatoms. The van der Waals surface area contributed by atoms with Crippen molar-refractivity contribution in [2.75, 3.05) is 38.1 Å². The van der Waals surface area contributed by atoms with E-state index in [1.807, 2.05) is 18.3 Å². The summed E-state index contributed by atoms with van der Waals surface area (Å²) in [5.41, 5.74) is 0. The van der Waals surface area contributed by atoms with Gasteiger partial charge in [0, 0.05) is 37.8 Å². The van der Waals surface area contributed by atoms with Gasteiger partial charge in [0.15, 0.2) is 0 Å². The zero-order valence-electron chi connectivity index (χ0n) is 10.5. The fourth-order valence-electron chi connectivity index (χ4n) is 2.42. The maximum Gasteiger partial charge on any atom is 0.136 e. The number of benzene rings is 1. The van der Waals surface area contributed by atoms with Gasteiger partial charge in [0.05, 0.1) is 0 Å². The fourth-order valence-corrected chi connectivity index (χ4v) is 2.42. The Morgan fingerprint density at radius 2 is 1.89 bits per heavy atom. The molecule has 0 atom stereocenters. The highest BCUT2D eigenvalue weighted by molar-refractivity contribution is 5.93. The van der Waals surface area contributed by atoms with Crippen LogP contribution in [-0.4, -0.2) is 48.2 Å². The molecule has 4 nitrogen and oxygen atoms in total. The van der Waals surface area contributed by atoms with Crippen LogP contribution in [0.4, 0.5) is 5.82 Å². The van der Waals surface area contributed by atoms with E-state index in [-0.39, 0.29) is 0 Å². The largest absolute Gasteiger partial charge is 0.508 e. The minimum atomic E-state index is 0.304. The third-order valence-corrected chi connectivity index (χ3v) is 3.53. The van der Waals surface area contributed by atoms with Gasteiger partial charge >= 0.3 is 0 Å². The number of phenolic OH excluding ortho intramolecular Hbond substituents is 1. The lowest BCUT2D eigenvalue weighted by Gasteiger charge is -2.33. The molecule has 0 spiro atoms. The van der Waals surface area contributed by atoms with Crippen LogP contribution in [-0.2, 0) is 0 Å². The second-order valence-corrected chi connectivity index (χ2v) is 4.83. The van der Waals surface area contributed by atoms with Gasteiger partial charge in [0.1, 0.15) is 11.6 Å². The molecule has 2 heterocycles. The van der Waals surface area contributed by atoms with Crippen molar-refractivity contribution in [3.8, 4) is 5.75 Å². The van der Waals surface area contributed by atoms with Gasteiger partial charge in [-0.25, -0.2) is 4.98 Å². The number of rotatable bonds is 1. The average Bonchev–Trinajstić information content (AvgIpc) is 2.38. The molecule has 0 radical (unpaired) electrons. The number of aromatic nitrogens is 1. The standard InChI is InChI=1S/C14H17N3O/c1-16-6-8-17(9-7-16)14-13-3-2-12(18)10-11(13)4-5-15-14/h2-5,10,18H,6-9H2,1H3. The van der Waals surface area contributed by atoms with Crippen LogP contribution in [0.5, 0.6) is 5.75 Å². The first kappa shape index (κ1) is 11.3. The zero-order valence-corrected chi connectivity index (χ0v) is 10.5. The number of nitrogens with zero attached hydrogens (tertiary/aromatic N) is 3. The Kier molecular flexibility index (Phi) is 2.80. The molecular weight excluding hydrogens is 226 g/mol. The van der Waals surface area contributed by atoms with Gasteiger partial charge in [-0.15, -0.1) is 0 Å². The predicted molar refractivity (Wildman–Crippen MR) is 73.1 cm³/mol. The van der Waals surface area contributed by atoms with Gasteiger partial charge in [-0.3, -0.25) is 0 Å². The molecule has 1 aliphatic rings. The van der Waals surface area contributed by atoms with Gasteiger partial charge in [-0.2, -0.15) is 0 Å². The van der Waals surface area contributed by atoms with Crippen LogP contribution in [0.25, 0.3) is 10.8 Å². The van der Waals surface area contributed by atoms with E-state index in [4.69, 9.17) is 0 Å². The van der Waals surface area contributed by atoms with Crippen LogP contribution in [0.3, 0.4) is 0 Å². The maximum absolute atomic E-state index is 9.53. The Labute approximate surface area is 106 Å². The van der Waals surface area contributed by atoms with Gasteiger partial charge in [-0.1, -0.05) is 0 Å². The fraction of sp³-hybridized carbons (Fsp3) is 0.357. The normalized spacial score (nSPS) is 17.3. The van der Waals surface area contributed by atoms with Crippen molar-refractivity contribution in [1.29, 1.82) is 0 Å². The first-order valence-electron chi connectivity index (χ1n) is 6.25. The smallest absolute Gasteiger partial charge is 0.136 e. The van der Waals surface area contributed by atoms with E-state index in [0.29, 0.717) is 5.75 Å². The van der Waals surface area contributed by atoms with Crippen molar-refractivity contribution in [2.24, 2.45) is 0 Å². The molecule has 1 fully saturated rings. The number of pyridine rings is 1. The zero-order chi connectivity index (χ0) is 12.5. The van der Waals surface area contributed by atoms with E-state index >= 15 is 0 Å². The molecule has 1 aromatic heterocycles. The van der Waals surface area contributed by atoms with Gasteiger partial charge < -0.3 is 14.9 Å². The number of likely N-dealkylation sites (N-methyl/N-ethyl adjacent to an activating group) is 1. The molecule has 0 aliphatic carbocycles. The Balaban J connectivity index is 2.01. The molecule has 0 amide bonds. The van der Waals surface area contributed by atoms with Gasteiger partial charge in [0.2, 0.25) is 0 Å². The number of phenols is 1. The van der Waals surface area contributed by atoms with Crippen LogP contribution in [0.2, 0.25) is 0 Å². The summed E-state index contributed by atoms with van der Waals surface area (Å²) in [6, 6.07) is 7.40. The monoisotopic (exact) mass is 243 g/mol. The molecule has 1 saturated heterocycles. The highest BCUT2D eigenvalue weighted by Crippen LogP contribution is 2.27. The summed E-state index contributed by atoms with van der Waals surface area (Å²) in [5.74, 6) is 1.33. The number of hydrogen-bond donors (Lipinski definition) is 1. The van der Waals surface area contributed by atoms with Crippen molar-refractivity contribution in [2.45, 2.75) is 0 Å². The summed E-state index contributed by atoms with van der Waals surface area (Å²) in [5, 5.41) is 11.7. The first-order chi connectivity index (χ1) is 8.74. The lowest BCUT2D eigenvalue weighted by Crippen LogP contribution is -2.44. The Hall–Kier alpha value is -1.81. The molecule has 0 saturated carbocycles. The third-order valence-electron chi connectivity index (χ3n) is 3.53. The third kappa shape index (κ3) is 1.99. The second kappa shape index (κ2) is 4.46. The SMILES string of the molecule is CN1CCN(c2nccc3cc(O)ccc23)CC1. The lowest BCUT2D eigenvalue weighted by molar-refractivity contribution is 0.312. The van der Waals surface area contributed by atoms with E-state index in [9.17, 15) is 5.11 Å². The van der Waals surface area contributed by atoms with Gasteiger partial charge in [-0.05, 0) is 36.7 Å². The Morgan fingerprint density at radius 1 is 1.11 bits per heavy atom. The number of piperazine rings is 1. The molecule has 1 aliphatic heterocycles. The molecule has 18 heavy (non-hydrogen) atoms. The summed E-state index contributed by atoms with van der Waals surface area (Å²) in [7, 11) is 2.14. The highest BCUT2D eigenvalue weighted by atomic mass is 16.3. The minimum Gasteiger partial charge on any atom is -0.508 e. The van der Waals surface area contributed by atoms with E-state index < -0.39 is 0 Å². The topological polar surface area (TPSA) is 39.6 Å². The van der Waals surface area contributed by atoms with E-state index in [1.165, 1.54) is 0 Å². The Bertz CT molecular complexity index is 562. The molecular formula is C14H17N3O.